The van der Waals surface area contributed by atoms with Crippen LogP contribution in [-0.4, -0.2) is 38.6 Å². The van der Waals surface area contributed by atoms with Gasteiger partial charge >= 0.3 is 12.4 Å². The molecule has 0 aliphatic carbocycles. The molecule has 0 atom stereocenters. The van der Waals surface area contributed by atoms with E-state index in [1.165, 1.54) is 23.5 Å². The van der Waals surface area contributed by atoms with Crippen molar-refractivity contribution in [1.29, 1.82) is 0 Å². The number of ether oxygens (including phenoxy) is 2. The first-order chi connectivity index (χ1) is 18.5. The number of rotatable bonds is 8. The fourth-order valence-electron chi connectivity index (χ4n) is 4.20. The molecule has 4 aromatic rings. The number of pyridine rings is 1. The van der Waals surface area contributed by atoms with Crippen LogP contribution in [0.4, 0.5) is 26.3 Å². The molecule has 0 unspecified atom stereocenters. The van der Waals surface area contributed by atoms with Crippen molar-refractivity contribution in [1.82, 2.24) is 25.4 Å². The summed E-state index contributed by atoms with van der Waals surface area (Å²) in [5.41, 5.74) is -1.88. The normalized spacial score (nSPS) is 13.7. The molecule has 0 bridgehead atoms. The Kier molecular flexibility index (Phi) is 7.31. The molecule has 0 fully saturated rings. The molecule has 5 heterocycles. The van der Waals surface area contributed by atoms with Crippen LogP contribution in [-0.2, 0) is 18.8 Å². The molecule has 0 aromatic carbocycles. The van der Waals surface area contributed by atoms with Crippen LogP contribution in [0.5, 0.6) is 11.5 Å². The Morgan fingerprint density at radius 2 is 1.33 bits per heavy atom. The van der Waals surface area contributed by atoms with Crippen LogP contribution in [0.2, 0.25) is 0 Å². The van der Waals surface area contributed by atoms with Gasteiger partial charge in [-0.05, 0) is 42.7 Å². The summed E-state index contributed by atoms with van der Waals surface area (Å²) in [6.45, 7) is 2.80. The van der Waals surface area contributed by atoms with Gasteiger partial charge in [0.05, 0.1) is 21.1 Å². The van der Waals surface area contributed by atoms with Crippen LogP contribution in [0.3, 0.4) is 0 Å². The molecule has 7 nitrogen and oxygen atoms in total. The standard InChI is InChI=1S/C25H23F6N5O2S/c1-2-3-4-5-6-18-21-22(38-8-7-37-21)23(39-18)13-9-14(16-11-19(35-33-16)24(26,27)28)32-15(10-13)17-12-20(36-34-17)25(29,30)31/h9-12H,2-8H2,1H3,(H,33,35)(H,34,36). The Morgan fingerprint density at radius 3 is 1.85 bits per heavy atom. The summed E-state index contributed by atoms with van der Waals surface area (Å²) < 4.78 is 91.2. The van der Waals surface area contributed by atoms with Gasteiger partial charge in [0.15, 0.2) is 11.5 Å². The zero-order chi connectivity index (χ0) is 27.8. The summed E-state index contributed by atoms with van der Waals surface area (Å²) in [6, 6.07) is 4.65. The molecule has 1 aliphatic rings. The minimum Gasteiger partial charge on any atom is -0.485 e. The van der Waals surface area contributed by atoms with E-state index in [9.17, 15) is 26.3 Å². The number of nitrogens with one attached hydrogen (secondary N) is 2. The lowest BCUT2D eigenvalue weighted by Gasteiger charge is -2.17. The maximum absolute atomic E-state index is 13.2. The third-order valence-corrected chi connectivity index (χ3v) is 7.36. The zero-order valence-corrected chi connectivity index (χ0v) is 21.4. The number of halogens is 6. The quantitative estimate of drug-likeness (QED) is 0.169. The number of hydrogen-bond donors (Lipinski definition) is 2. The van der Waals surface area contributed by atoms with E-state index >= 15 is 0 Å². The number of H-pyrrole nitrogens is 2. The average molecular weight is 572 g/mol. The van der Waals surface area contributed by atoms with E-state index in [1.54, 1.807) is 0 Å². The molecule has 14 heteroatoms. The van der Waals surface area contributed by atoms with Crippen molar-refractivity contribution in [3.05, 3.63) is 40.5 Å². The summed E-state index contributed by atoms with van der Waals surface area (Å²) >= 11 is 1.42. The summed E-state index contributed by atoms with van der Waals surface area (Å²) in [5.74, 6) is 1.12. The van der Waals surface area contributed by atoms with Crippen molar-refractivity contribution in [3.63, 3.8) is 0 Å². The highest BCUT2D eigenvalue weighted by Crippen LogP contribution is 2.50. The van der Waals surface area contributed by atoms with Crippen LogP contribution < -0.4 is 9.47 Å². The highest BCUT2D eigenvalue weighted by atomic mass is 32.1. The van der Waals surface area contributed by atoms with Crippen molar-refractivity contribution in [3.8, 4) is 44.7 Å². The number of thiophene rings is 1. The van der Waals surface area contributed by atoms with Crippen LogP contribution in [0.25, 0.3) is 33.2 Å². The number of aryl methyl sites for hydroxylation is 1. The molecule has 0 saturated heterocycles. The second-order valence-corrected chi connectivity index (χ2v) is 10.1. The predicted octanol–water partition coefficient (Wildman–Crippen LogP) is 7.52. The number of aromatic nitrogens is 5. The second-order valence-electron chi connectivity index (χ2n) is 8.98. The molecule has 0 spiro atoms. The molecule has 0 saturated carbocycles. The fraction of sp³-hybridized carbons (Fsp3) is 0.400. The van der Waals surface area contributed by atoms with Gasteiger partial charge in [0, 0.05) is 0 Å². The van der Waals surface area contributed by atoms with Gasteiger partial charge in [-0.3, -0.25) is 10.2 Å². The van der Waals surface area contributed by atoms with Gasteiger partial charge in [-0.15, -0.1) is 11.3 Å². The van der Waals surface area contributed by atoms with Gasteiger partial charge in [-0.25, -0.2) is 4.98 Å². The molecular weight excluding hydrogens is 548 g/mol. The third kappa shape index (κ3) is 5.75. The topological polar surface area (TPSA) is 88.7 Å². The summed E-state index contributed by atoms with van der Waals surface area (Å²) in [6.07, 6.45) is -4.41. The van der Waals surface area contributed by atoms with Crippen LogP contribution in [0.15, 0.2) is 24.3 Å². The number of nitrogens with zero attached hydrogens (tertiary/aromatic N) is 3. The summed E-state index contributed by atoms with van der Waals surface area (Å²) in [4.78, 5) is 5.92. The van der Waals surface area contributed by atoms with Crippen molar-refractivity contribution < 1.29 is 35.8 Å². The Morgan fingerprint density at radius 1 is 0.769 bits per heavy atom. The lowest BCUT2D eigenvalue weighted by Crippen LogP contribution is -2.15. The molecule has 208 valence electrons. The van der Waals surface area contributed by atoms with E-state index < -0.39 is 23.7 Å². The van der Waals surface area contributed by atoms with Crippen LogP contribution >= 0.6 is 11.3 Å². The highest BCUT2D eigenvalue weighted by Gasteiger charge is 2.35. The third-order valence-electron chi connectivity index (χ3n) is 6.10. The average Bonchev–Trinajstić information content (AvgIpc) is 3.65. The minimum absolute atomic E-state index is 0.0224. The number of unbranched alkanes of at least 4 members (excludes halogenated alkanes) is 3. The molecular formula is C25H23F6N5O2S. The maximum atomic E-state index is 13.2. The highest BCUT2D eigenvalue weighted by molar-refractivity contribution is 7.16. The van der Waals surface area contributed by atoms with Crippen LogP contribution in [0.1, 0.15) is 48.9 Å². The lowest BCUT2D eigenvalue weighted by atomic mass is 10.1. The first-order valence-corrected chi connectivity index (χ1v) is 13.1. The molecule has 1 aliphatic heterocycles. The van der Waals surface area contributed by atoms with Gasteiger partial charge in [-0.1, -0.05) is 26.2 Å². The van der Waals surface area contributed by atoms with E-state index in [0.29, 0.717) is 35.2 Å². The van der Waals surface area contributed by atoms with Gasteiger partial charge in [0.25, 0.3) is 0 Å². The number of fused-ring (bicyclic) bond motifs is 1. The van der Waals surface area contributed by atoms with Crippen molar-refractivity contribution in [2.45, 2.75) is 51.4 Å². The number of aromatic amines is 2. The largest absolute Gasteiger partial charge is 0.485 e. The van der Waals surface area contributed by atoms with Gasteiger partial charge < -0.3 is 9.47 Å². The van der Waals surface area contributed by atoms with E-state index in [1.807, 2.05) is 10.2 Å². The molecule has 2 N–H and O–H groups in total. The molecule has 39 heavy (non-hydrogen) atoms. The van der Waals surface area contributed by atoms with E-state index in [2.05, 4.69) is 22.1 Å². The maximum Gasteiger partial charge on any atom is 0.432 e. The Labute approximate surface area is 222 Å². The fourth-order valence-corrected chi connectivity index (χ4v) is 5.41. The lowest BCUT2D eigenvalue weighted by molar-refractivity contribution is -0.142. The number of hydrogen-bond acceptors (Lipinski definition) is 6. The zero-order valence-electron chi connectivity index (χ0n) is 20.6. The Hall–Kier alpha value is -3.55. The summed E-state index contributed by atoms with van der Waals surface area (Å²) in [5, 5.41) is 11.4. The smallest absolute Gasteiger partial charge is 0.432 e. The first-order valence-electron chi connectivity index (χ1n) is 12.2. The SMILES string of the molecule is CCCCCCc1sc(-c2cc(-c3cc(C(F)(F)F)[nH]n3)nc(-c3cc(C(F)(F)F)[nH]n3)c2)c2c1OCCO2. The Bertz CT molecular complexity index is 1390. The minimum atomic E-state index is -4.67. The molecule has 0 amide bonds. The summed E-state index contributed by atoms with van der Waals surface area (Å²) in [7, 11) is 0. The second kappa shape index (κ2) is 10.5. The van der Waals surface area contributed by atoms with E-state index in [-0.39, 0.29) is 22.8 Å². The van der Waals surface area contributed by atoms with E-state index in [0.717, 1.165) is 49.1 Å². The van der Waals surface area contributed by atoms with Crippen LogP contribution in [0, 0.1) is 0 Å². The molecule has 4 aromatic heterocycles. The van der Waals surface area contributed by atoms with Gasteiger partial charge in [-0.2, -0.15) is 36.5 Å². The predicted molar refractivity (Wildman–Crippen MR) is 132 cm³/mol. The molecule has 5 rings (SSSR count). The van der Waals surface area contributed by atoms with Crippen molar-refractivity contribution in [2.24, 2.45) is 0 Å². The van der Waals surface area contributed by atoms with Gasteiger partial charge in [0.2, 0.25) is 0 Å². The molecule has 0 radical (unpaired) electrons. The van der Waals surface area contributed by atoms with E-state index in [4.69, 9.17) is 9.47 Å². The van der Waals surface area contributed by atoms with Gasteiger partial charge in [0.1, 0.15) is 36.0 Å². The van der Waals surface area contributed by atoms with Crippen molar-refractivity contribution >= 4 is 11.3 Å². The van der Waals surface area contributed by atoms with Crippen molar-refractivity contribution in [2.75, 3.05) is 13.2 Å². The Balaban J connectivity index is 1.62. The first kappa shape index (κ1) is 27.0. The number of alkyl halides is 6. The monoisotopic (exact) mass is 571 g/mol.